The summed E-state index contributed by atoms with van der Waals surface area (Å²) in [4.78, 5) is 14.7. The molecule has 0 spiro atoms. The highest BCUT2D eigenvalue weighted by atomic mass is 32.2. The molecule has 3 atom stereocenters. The van der Waals surface area contributed by atoms with Crippen LogP contribution in [0.1, 0.15) is 58.3 Å². The van der Waals surface area contributed by atoms with Gasteiger partial charge in [-0.05, 0) is 31.6 Å². The number of hydrogen-bond acceptors (Lipinski definition) is 3. The van der Waals surface area contributed by atoms with Crippen LogP contribution in [-0.4, -0.2) is 45.8 Å². The van der Waals surface area contributed by atoms with Gasteiger partial charge >= 0.3 is 0 Å². The van der Waals surface area contributed by atoms with Gasteiger partial charge in [0, 0.05) is 29.4 Å². The van der Waals surface area contributed by atoms with Gasteiger partial charge in [-0.2, -0.15) is 0 Å². The van der Waals surface area contributed by atoms with Gasteiger partial charge in [-0.1, -0.05) is 32.6 Å². The summed E-state index contributed by atoms with van der Waals surface area (Å²) in [5.74, 6) is 1.59. The van der Waals surface area contributed by atoms with Crippen molar-refractivity contribution in [1.82, 2.24) is 10.2 Å². The average Bonchev–Trinajstić information content (AvgIpc) is 3.06. The maximum Gasteiger partial charge on any atom is 0.241 e. The molecule has 0 aromatic heterocycles. The lowest BCUT2D eigenvalue weighted by atomic mass is 10.0. The first kappa shape index (κ1) is 16.9. The SMILES string of the molecule is CCCCC1NC(C2CCCC2)N(CCCS(C)=O)C1=O. The van der Waals surface area contributed by atoms with E-state index in [1.807, 2.05) is 0 Å². The van der Waals surface area contributed by atoms with Crippen molar-refractivity contribution in [3.05, 3.63) is 0 Å². The Bertz CT molecular complexity index is 369. The van der Waals surface area contributed by atoms with Crippen molar-refractivity contribution in [1.29, 1.82) is 0 Å². The summed E-state index contributed by atoms with van der Waals surface area (Å²) in [7, 11) is -0.762. The van der Waals surface area contributed by atoms with E-state index in [1.54, 1.807) is 6.26 Å². The standard InChI is InChI=1S/C16H30N2O2S/c1-3-4-10-14-16(19)18(11-7-12-21(2)20)15(17-14)13-8-5-6-9-13/h13-15,17H,3-12H2,1-2H3. The van der Waals surface area contributed by atoms with Gasteiger partial charge in [0.1, 0.15) is 0 Å². The zero-order valence-electron chi connectivity index (χ0n) is 13.5. The molecular formula is C16H30N2O2S. The van der Waals surface area contributed by atoms with E-state index in [4.69, 9.17) is 0 Å². The van der Waals surface area contributed by atoms with Crippen LogP contribution in [0.2, 0.25) is 0 Å². The second-order valence-electron chi connectivity index (χ2n) is 6.51. The lowest BCUT2D eigenvalue weighted by molar-refractivity contribution is -0.130. The van der Waals surface area contributed by atoms with Gasteiger partial charge in [-0.15, -0.1) is 0 Å². The lowest BCUT2D eigenvalue weighted by Crippen LogP contribution is -2.43. The normalized spacial score (nSPS) is 28.5. The molecule has 1 heterocycles. The zero-order chi connectivity index (χ0) is 15.2. The third-order valence-corrected chi connectivity index (χ3v) is 5.68. The highest BCUT2D eigenvalue weighted by molar-refractivity contribution is 7.84. The second kappa shape index (κ2) is 8.28. The molecule has 2 aliphatic rings. The van der Waals surface area contributed by atoms with Crippen LogP contribution in [0.5, 0.6) is 0 Å². The van der Waals surface area contributed by atoms with Crippen LogP contribution < -0.4 is 5.32 Å². The molecule has 2 fully saturated rings. The average molecular weight is 314 g/mol. The first-order valence-electron chi connectivity index (χ1n) is 8.50. The van der Waals surface area contributed by atoms with Gasteiger partial charge in [0.15, 0.2) is 0 Å². The topological polar surface area (TPSA) is 49.4 Å². The van der Waals surface area contributed by atoms with E-state index in [9.17, 15) is 9.00 Å². The number of unbranched alkanes of at least 4 members (excludes halogenated alkanes) is 1. The van der Waals surface area contributed by atoms with Crippen LogP contribution in [-0.2, 0) is 15.6 Å². The smallest absolute Gasteiger partial charge is 0.241 e. The molecule has 1 saturated heterocycles. The first-order chi connectivity index (χ1) is 10.1. The number of rotatable bonds is 8. The van der Waals surface area contributed by atoms with Gasteiger partial charge in [0.25, 0.3) is 0 Å². The monoisotopic (exact) mass is 314 g/mol. The first-order valence-corrected chi connectivity index (χ1v) is 10.2. The van der Waals surface area contributed by atoms with Crippen molar-refractivity contribution in [2.45, 2.75) is 70.5 Å². The summed E-state index contributed by atoms with van der Waals surface area (Å²) < 4.78 is 11.2. The third kappa shape index (κ3) is 4.52. The van der Waals surface area contributed by atoms with Crippen LogP contribution in [0.15, 0.2) is 0 Å². The molecule has 1 amide bonds. The second-order valence-corrected chi connectivity index (χ2v) is 8.07. The summed E-state index contributed by atoms with van der Waals surface area (Å²) in [5.41, 5.74) is 0. The highest BCUT2D eigenvalue weighted by Crippen LogP contribution is 2.32. The summed E-state index contributed by atoms with van der Waals surface area (Å²) >= 11 is 0. The number of nitrogens with one attached hydrogen (secondary N) is 1. The Labute approximate surface area is 131 Å². The molecule has 0 radical (unpaired) electrons. The Morgan fingerprint density at radius 1 is 1.29 bits per heavy atom. The fourth-order valence-corrected chi connectivity index (χ4v) is 4.21. The number of carbonyl (C=O) groups is 1. The summed E-state index contributed by atoms with van der Waals surface area (Å²) in [6, 6.07) is 0.0164. The number of hydrogen-bond donors (Lipinski definition) is 1. The minimum atomic E-state index is -0.762. The molecule has 3 unspecified atom stereocenters. The van der Waals surface area contributed by atoms with Crippen molar-refractivity contribution in [2.24, 2.45) is 5.92 Å². The van der Waals surface area contributed by atoms with Crippen molar-refractivity contribution in [3.63, 3.8) is 0 Å². The van der Waals surface area contributed by atoms with E-state index in [0.29, 0.717) is 11.7 Å². The molecule has 4 nitrogen and oxygen atoms in total. The summed E-state index contributed by atoms with van der Waals surface area (Å²) in [6.07, 6.45) is 11.1. The fourth-order valence-electron chi connectivity index (χ4n) is 3.67. The van der Waals surface area contributed by atoms with Crippen LogP contribution in [0.4, 0.5) is 0 Å². The Morgan fingerprint density at radius 2 is 2.00 bits per heavy atom. The van der Waals surface area contributed by atoms with Gasteiger partial charge < -0.3 is 4.90 Å². The fraction of sp³-hybridized carbons (Fsp3) is 0.938. The minimum Gasteiger partial charge on any atom is -0.325 e. The van der Waals surface area contributed by atoms with Crippen molar-refractivity contribution >= 4 is 16.7 Å². The third-order valence-electron chi connectivity index (χ3n) is 4.81. The van der Waals surface area contributed by atoms with Crippen LogP contribution >= 0.6 is 0 Å². The molecule has 1 N–H and O–H groups in total. The van der Waals surface area contributed by atoms with E-state index in [1.165, 1.54) is 25.7 Å². The van der Waals surface area contributed by atoms with E-state index >= 15 is 0 Å². The molecule has 122 valence electrons. The minimum absolute atomic E-state index is 0.0164. The van der Waals surface area contributed by atoms with E-state index in [2.05, 4.69) is 17.1 Å². The largest absolute Gasteiger partial charge is 0.325 e. The molecule has 1 aliphatic carbocycles. The van der Waals surface area contributed by atoms with Crippen molar-refractivity contribution in [2.75, 3.05) is 18.6 Å². The van der Waals surface area contributed by atoms with Crippen LogP contribution in [0.25, 0.3) is 0 Å². The van der Waals surface area contributed by atoms with Crippen molar-refractivity contribution < 1.29 is 9.00 Å². The Kier molecular flexibility index (Phi) is 6.68. The summed E-state index contributed by atoms with van der Waals surface area (Å²) in [6.45, 7) is 2.93. The zero-order valence-corrected chi connectivity index (χ0v) is 14.3. The highest BCUT2D eigenvalue weighted by Gasteiger charge is 2.42. The molecular weight excluding hydrogens is 284 g/mol. The molecule has 21 heavy (non-hydrogen) atoms. The van der Waals surface area contributed by atoms with E-state index in [-0.39, 0.29) is 18.1 Å². The predicted octanol–water partition coefficient (Wildman–Crippen LogP) is 2.26. The van der Waals surface area contributed by atoms with Gasteiger partial charge in [0.05, 0.1) is 12.2 Å². The van der Waals surface area contributed by atoms with Gasteiger partial charge in [0.2, 0.25) is 5.91 Å². The predicted molar refractivity (Wildman–Crippen MR) is 87.5 cm³/mol. The van der Waals surface area contributed by atoms with Gasteiger partial charge in [-0.3, -0.25) is 14.3 Å². The van der Waals surface area contributed by atoms with Crippen molar-refractivity contribution in [3.8, 4) is 0 Å². The lowest BCUT2D eigenvalue weighted by Gasteiger charge is -2.29. The molecule has 0 aromatic carbocycles. The van der Waals surface area contributed by atoms with Crippen LogP contribution in [0.3, 0.4) is 0 Å². The molecule has 1 aliphatic heterocycles. The Balaban J connectivity index is 1.96. The molecule has 5 heteroatoms. The Hall–Kier alpha value is -0.420. The van der Waals surface area contributed by atoms with E-state index < -0.39 is 10.8 Å². The molecule has 0 bridgehead atoms. The quantitative estimate of drug-likeness (QED) is 0.747. The van der Waals surface area contributed by atoms with Gasteiger partial charge in [-0.25, -0.2) is 0 Å². The van der Waals surface area contributed by atoms with Crippen LogP contribution in [0, 0.1) is 5.92 Å². The molecule has 0 aromatic rings. The number of nitrogens with zero attached hydrogens (tertiary/aromatic N) is 1. The van der Waals surface area contributed by atoms with E-state index in [0.717, 1.165) is 32.2 Å². The number of carbonyl (C=O) groups excluding carboxylic acids is 1. The summed E-state index contributed by atoms with van der Waals surface area (Å²) in [5, 5.41) is 3.61. The Morgan fingerprint density at radius 3 is 2.62 bits per heavy atom. The maximum absolute atomic E-state index is 12.6. The maximum atomic E-state index is 12.6. The molecule has 2 rings (SSSR count). The number of amides is 1. The molecule has 1 saturated carbocycles.